The Morgan fingerprint density at radius 2 is 1.88 bits per heavy atom. The van der Waals surface area contributed by atoms with Crippen LogP contribution in [-0.4, -0.2) is 19.8 Å². The van der Waals surface area contributed by atoms with Crippen molar-refractivity contribution in [2.24, 2.45) is 11.8 Å². The molecule has 3 atom stereocenters. The Morgan fingerprint density at radius 1 is 1.29 bits per heavy atom. The second-order valence-corrected chi connectivity index (χ2v) is 11.0. The van der Waals surface area contributed by atoms with Crippen molar-refractivity contribution in [1.82, 2.24) is 0 Å². The average molecular weight is 248 g/mol. The third kappa shape index (κ3) is 2.80. The highest BCUT2D eigenvalue weighted by Crippen LogP contribution is 2.45. The van der Waals surface area contributed by atoms with Crippen LogP contribution >= 0.6 is 0 Å². The summed E-state index contributed by atoms with van der Waals surface area (Å²) in [5, 5.41) is 11.2. The normalized spacial score (nSPS) is 25.6. The zero-order valence-corrected chi connectivity index (χ0v) is 12.2. The Bertz CT molecular complexity index is 360. The van der Waals surface area contributed by atoms with Gasteiger partial charge in [0, 0.05) is 6.61 Å². The third-order valence-electron chi connectivity index (χ3n) is 4.62. The minimum Gasteiger partial charge on any atom is -0.396 e. The van der Waals surface area contributed by atoms with Crippen LogP contribution in [0.1, 0.15) is 19.8 Å². The highest BCUT2D eigenvalue weighted by atomic mass is 28.3. The van der Waals surface area contributed by atoms with Gasteiger partial charge in [0.15, 0.2) is 0 Å². The fourth-order valence-corrected chi connectivity index (χ4v) is 5.67. The van der Waals surface area contributed by atoms with Crippen molar-refractivity contribution in [3.8, 4) is 0 Å². The largest absolute Gasteiger partial charge is 0.396 e. The lowest BCUT2D eigenvalue weighted by Crippen LogP contribution is -2.47. The van der Waals surface area contributed by atoms with Gasteiger partial charge < -0.3 is 5.11 Å². The van der Waals surface area contributed by atoms with E-state index in [1.54, 1.807) is 0 Å². The van der Waals surface area contributed by atoms with E-state index >= 15 is 0 Å². The van der Waals surface area contributed by atoms with Crippen molar-refractivity contribution in [1.29, 1.82) is 0 Å². The molecule has 2 heteroatoms. The maximum atomic E-state index is 9.72. The summed E-state index contributed by atoms with van der Waals surface area (Å²) in [6, 6.07) is 10.8. The van der Waals surface area contributed by atoms with Crippen molar-refractivity contribution in [2.45, 2.75) is 38.4 Å². The number of hydrogen-bond acceptors (Lipinski definition) is 1. The van der Waals surface area contributed by atoms with Crippen LogP contribution in [0.4, 0.5) is 0 Å². The fraction of sp³-hybridized carbons (Fsp3) is 0.600. The van der Waals surface area contributed by atoms with E-state index < -0.39 is 8.07 Å². The van der Waals surface area contributed by atoms with Crippen LogP contribution in [0.25, 0.3) is 0 Å². The van der Waals surface area contributed by atoms with Crippen LogP contribution in [0.3, 0.4) is 0 Å². The molecule has 1 nitrogen and oxygen atoms in total. The van der Waals surface area contributed by atoms with Gasteiger partial charge in [0.05, 0.1) is 8.07 Å². The molecule has 1 aromatic rings. The lowest BCUT2D eigenvalue weighted by atomic mass is 10.2. The van der Waals surface area contributed by atoms with Crippen molar-refractivity contribution >= 4 is 13.3 Å². The molecule has 1 fully saturated rings. The van der Waals surface area contributed by atoms with Gasteiger partial charge >= 0.3 is 0 Å². The summed E-state index contributed by atoms with van der Waals surface area (Å²) in [4.78, 5) is 0. The first-order valence-electron chi connectivity index (χ1n) is 6.72. The Kier molecular flexibility index (Phi) is 3.74. The van der Waals surface area contributed by atoms with Gasteiger partial charge in [-0.2, -0.15) is 0 Å². The van der Waals surface area contributed by atoms with Gasteiger partial charge in [0.1, 0.15) is 0 Å². The zero-order valence-electron chi connectivity index (χ0n) is 11.2. The van der Waals surface area contributed by atoms with Crippen LogP contribution in [0, 0.1) is 11.8 Å². The van der Waals surface area contributed by atoms with E-state index in [1.807, 2.05) is 0 Å². The Hall–Kier alpha value is -0.603. The smallest absolute Gasteiger partial charge is 0.0859 e. The molecule has 17 heavy (non-hydrogen) atoms. The van der Waals surface area contributed by atoms with Gasteiger partial charge in [-0.15, -0.1) is 0 Å². The van der Waals surface area contributed by atoms with Crippen LogP contribution in [0.2, 0.25) is 18.6 Å². The number of rotatable bonds is 5. The SMILES string of the molecule is C[C@H]1C[C@H]1C[C@@H](CO)[Si](C)(C)c1ccccc1. The average Bonchev–Trinajstić information content (AvgIpc) is 3.03. The molecular weight excluding hydrogens is 224 g/mol. The van der Waals surface area contributed by atoms with Crippen molar-refractivity contribution < 1.29 is 5.11 Å². The Morgan fingerprint density at radius 3 is 2.35 bits per heavy atom. The van der Waals surface area contributed by atoms with Crippen LogP contribution in [-0.2, 0) is 0 Å². The summed E-state index contributed by atoms with van der Waals surface area (Å²) in [6.07, 6.45) is 2.60. The molecule has 0 radical (unpaired) electrons. The first-order valence-corrected chi connectivity index (χ1v) is 9.79. The van der Waals surface area contributed by atoms with E-state index in [9.17, 15) is 5.11 Å². The minimum absolute atomic E-state index is 0.358. The number of aliphatic hydroxyl groups is 1. The molecule has 1 saturated carbocycles. The molecule has 0 bridgehead atoms. The molecule has 0 heterocycles. The van der Waals surface area contributed by atoms with E-state index in [-0.39, 0.29) is 0 Å². The summed E-state index contributed by atoms with van der Waals surface area (Å²) in [7, 11) is -1.51. The number of aliphatic hydroxyl groups excluding tert-OH is 1. The van der Waals surface area contributed by atoms with Crippen molar-refractivity contribution in [3.63, 3.8) is 0 Å². The van der Waals surface area contributed by atoms with E-state index in [0.29, 0.717) is 12.1 Å². The molecule has 0 spiro atoms. The van der Waals surface area contributed by atoms with Crippen molar-refractivity contribution in [2.75, 3.05) is 6.61 Å². The lowest BCUT2D eigenvalue weighted by molar-refractivity contribution is 0.277. The highest BCUT2D eigenvalue weighted by molar-refractivity contribution is 6.91. The monoisotopic (exact) mass is 248 g/mol. The molecule has 0 unspecified atom stereocenters. The molecule has 2 rings (SSSR count). The molecule has 0 aromatic heterocycles. The van der Waals surface area contributed by atoms with Gasteiger partial charge in [0.25, 0.3) is 0 Å². The molecule has 0 saturated heterocycles. The van der Waals surface area contributed by atoms with Gasteiger partial charge in [-0.25, -0.2) is 0 Å². The number of benzene rings is 1. The summed E-state index contributed by atoms with van der Waals surface area (Å²) in [5.74, 6) is 1.77. The Labute approximate surface area is 106 Å². The molecule has 0 amide bonds. The van der Waals surface area contributed by atoms with Crippen LogP contribution in [0.5, 0.6) is 0 Å². The zero-order chi connectivity index (χ0) is 12.5. The molecular formula is C15H24OSi. The maximum absolute atomic E-state index is 9.72. The third-order valence-corrected chi connectivity index (χ3v) is 8.90. The van der Waals surface area contributed by atoms with E-state index in [4.69, 9.17) is 0 Å². The van der Waals surface area contributed by atoms with Gasteiger partial charge in [-0.3, -0.25) is 0 Å². The quantitative estimate of drug-likeness (QED) is 0.794. The maximum Gasteiger partial charge on any atom is 0.0859 e. The fourth-order valence-electron chi connectivity index (χ4n) is 2.79. The van der Waals surface area contributed by atoms with Crippen molar-refractivity contribution in [3.05, 3.63) is 30.3 Å². The van der Waals surface area contributed by atoms with Gasteiger partial charge in [0.2, 0.25) is 0 Å². The summed E-state index contributed by atoms with van der Waals surface area (Å²) in [5.41, 5.74) is 0.514. The second kappa shape index (κ2) is 4.95. The first kappa shape index (κ1) is 12.8. The molecule has 1 N–H and O–H groups in total. The van der Waals surface area contributed by atoms with Crippen LogP contribution in [0.15, 0.2) is 30.3 Å². The molecule has 1 aliphatic carbocycles. The highest BCUT2D eigenvalue weighted by Gasteiger charge is 2.40. The minimum atomic E-state index is -1.51. The molecule has 94 valence electrons. The van der Waals surface area contributed by atoms with Gasteiger partial charge in [-0.05, 0) is 30.2 Å². The second-order valence-electron chi connectivity index (χ2n) is 6.18. The first-order chi connectivity index (χ1) is 8.05. The van der Waals surface area contributed by atoms with Crippen LogP contribution < -0.4 is 5.19 Å². The summed E-state index contributed by atoms with van der Waals surface area (Å²) in [6.45, 7) is 7.49. The summed E-state index contributed by atoms with van der Waals surface area (Å²) < 4.78 is 0. The summed E-state index contributed by atoms with van der Waals surface area (Å²) >= 11 is 0. The number of hydrogen-bond donors (Lipinski definition) is 1. The Balaban J connectivity index is 2.11. The predicted octanol–water partition coefficient (Wildman–Crippen LogP) is 3.01. The lowest BCUT2D eigenvalue weighted by Gasteiger charge is -2.32. The van der Waals surface area contributed by atoms with E-state index in [2.05, 4.69) is 50.3 Å². The van der Waals surface area contributed by atoms with Gasteiger partial charge in [-0.1, -0.05) is 55.5 Å². The standard InChI is InChI=1S/C15H24OSi/c1-12-9-13(12)10-15(11-16)17(2,3)14-7-5-4-6-8-14/h4-8,12-13,15-16H,9-11H2,1-3H3/t12-,13-,15-/m0/s1. The van der Waals surface area contributed by atoms with E-state index in [0.717, 1.165) is 11.8 Å². The molecule has 1 aliphatic rings. The van der Waals surface area contributed by atoms with E-state index in [1.165, 1.54) is 18.0 Å². The topological polar surface area (TPSA) is 20.2 Å². The molecule has 0 aliphatic heterocycles. The predicted molar refractivity (Wildman–Crippen MR) is 76.3 cm³/mol. The molecule has 1 aromatic carbocycles.